The van der Waals surface area contributed by atoms with Crippen molar-refractivity contribution in [1.82, 2.24) is 5.48 Å². The highest BCUT2D eigenvalue weighted by Crippen LogP contribution is 2.03. The molecule has 7 heteroatoms. The van der Waals surface area contributed by atoms with Gasteiger partial charge in [-0.15, -0.1) is 0 Å². The Hall–Kier alpha value is -1.34. The number of aliphatic carboxylic acids is 1. The van der Waals surface area contributed by atoms with Crippen molar-refractivity contribution in [1.29, 1.82) is 0 Å². The van der Waals surface area contributed by atoms with Gasteiger partial charge in [-0.05, 0) is 0 Å². The monoisotopic (exact) mass is 221 g/mol. The standard InChI is InChI=1S/C8H16N2O5/c1-10(2,3)5-6(4-7(11)12)15-9-8(13)14/h6,9H,4-5H2,1-3H3,(H-,11,12,13,14)/p+1/t6-/m1/s1. The van der Waals surface area contributed by atoms with Crippen molar-refractivity contribution in [2.45, 2.75) is 12.5 Å². The largest absolute Gasteiger partial charge is 0.481 e. The fourth-order valence-electron chi connectivity index (χ4n) is 1.08. The second kappa shape index (κ2) is 5.52. The third kappa shape index (κ3) is 8.98. The lowest BCUT2D eigenvalue weighted by molar-refractivity contribution is -0.873. The average Bonchev–Trinajstić information content (AvgIpc) is 1.95. The van der Waals surface area contributed by atoms with Gasteiger partial charge < -0.3 is 14.7 Å². The summed E-state index contributed by atoms with van der Waals surface area (Å²) in [6.07, 6.45) is -2.26. The van der Waals surface area contributed by atoms with Gasteiger partial charge in [-0.1, -0.05) is 0 Å². The van der Waals surface area contributed by atoms with Gasteiger partial charge in [-0.2, -0.15) is 5.48 Å². The van der Waals surface area contributed by atoms with E-state index in [9.17, 15) is 9.59 Å². The molecule has 1 atom stereocenters. The SMILES string of the molecule is C[N+](C)(C)C[C@@H](CC(=O)O)ONC(=O)O. The quantitative estimate of drug-likeness (QED) is 0.424. The highest BCUT2D eigenvalue weighted by Gasteiger charge is 2.22. The summed E-state index contributed by atoms with van der Waals surface area (Å²) in [6.45, 7) is 0.395. The number of carbonyl (C=O) groups is 2. The summed E-state index contributed by atoms with van der Waals surface area (Å²) >= 11 is 0. The molecule has 0 rings (SSSR count). The number of nitrogens with zero attached hydrogens (tertiary/aromatic N) is 1. The first-order valence-corrected chi connectivity index (χ1v) is 4.37. The van der Waals surface area contributed by atoms with E-state index in [2.05, 4.69) is 0 Å². The van der Waals surface area contributed by atoms with E-state index in [1.807, 2.05) is 21.1 Å². The summed E-state index contributed by atoms with van der Waals surface area (Å²) in [7, 11) is 5.58. The number of carboxylic acid groups (broad SMARTS) is 2. The maximum Gasteiger partial charge on any atom is 0.428 e. The average molecular weight is 221 g/mol. The molecule has 0 bridgehead atoms. The molecule has 0 unspecified atom stereocenters. The van der Waals surface area contributed by atoms with Crippen LogP contribution in [0.5, 0.6) is 0 Å². The highest BCUT2D eigenvalue weighted by atomic mass is 16.7. The van der Waals surface area contributed by atoms with Crippen molar-refractivity contribution in [2.75, 3.05) is 27.7 Å². The van der Waals surface area contributed by atoms with E-state index in [1.165, 1.54) is 0 Å². The van der Waals surface area contributed by atoms with E-state index in [0.717, 1.165) is 0 Å². The molecule has 0 radical (unpaired) electrons. The lowest BCUT2D eigenvalue weighted by Gasteiger charge is -2.27. The summed E-state index contributed by atoms with van der Waals surface area (Å²) in [5.41, 5.74) is 1.72. The number of amides is 1. The second-order valence-electron chi connectivity index (χ2n) is 4.22. The Morgan fingerprint density at radius 2 is 1.87 bits per heavy atom. The van der Waals surface area contributed by atoms with Crippen molar-refractivity contribution < 1.29 is 29.1 Å². The molecule has 0 aromatic carbocycles. The minimum atomic E-state index is -1.34. The zero-order valence-corrected chi connectivity index (χ0v) is 9.06. The molecule has 1 amide bonds. The molecule has 88 valence electrons. The van der Waals surface area contributed by atoms with Crippen molar-refractivity contribution in [2.24, 2.45) is 0 Å². The Balaban J connectivity index is 4.18. The van der Waals surface area contributed by atoms with Crippen molar-refractivity contribution in [3.05, 3.63) is 0 Å². The number of likely N-dealkylation sites (N-methyl/N-ethyl adjacent to an activating group) is 1. The van der Waals surface area contributed by atoms with Gasteiger partial charge in [0.15, 0.2) is 0 Å². The van der Waals surface area contributed by atoms with Gasteiger partial charge in [0.05, 0.1) is 27.6 Å². The van der Waals surface area contributed by atoms with Crippen LogP contribution in [0.4, 0.5) is 4.79 Å². The Labute approximate surface area is 87.8 Å². The number of nitrogens with one attached hydrogen (secondary N) is 1. The van der Waals surface area contributed by atoms with E-state index in [-0.39, 0.29) is 6.42 Å². The summed E-state index contributed by atoms with van der Waals surface area (Å²) < 4.78 is 0.485. The van der Waals surface area contributed by atoms with Gasteiger partial charge >= 0.3 is 12.1 Å². The number of hydrogen-bond donors (Lipinski definition) is 3. The van der Waals surface area contributed by atoms with Crippen LogP contribution in [0.2, 0.25) is 0 Å². The van der Waals surface area contributed by atoms with Gasteiger partial charge in [0, 0.05) is 0 Å². The van der Waals surface area contributed by atoms with Crippen LogP contribution >= 0.6 is 0 Å². The number of hydrogen-bond acceptors (Lipinski definition) is 3. The van der Waals surface area contributed by atoms with Gasteiger partial charge in [-0.25, -0.2) is 4.79 Å². The van der Waals surface area contributed by atoms with E-state index in [1.54, 1.807) is 5.48 Å². The molecule has 0 aliphatic heterocycles. The second-order valence-corrected chi connectivity index (χ2v) is 4.22. The van der Waals surface area contributed by atoms with Crippen LogP contribution in [0.3, 0.4) is 0 Å². The normalized spacial score (nSPS) is 13.3. The lowest BCUT2D eigenvalue weighted by atomic mass is 10.2. The maximum absolute atomic E-state index is 10.5. The Morgan fingerprint density at radius 3 is 2.20 bits per heavy atom. The summed E-state index contributed by atoms with van der Waals surface area (Å²) in [4.78, 5) is 25.4. The van der Waals surface area contributed by atoms with Crippen LogP contribution in [0.1, 0.15) is 6.42 Å². The van der Waals surface area contributed by atoms with Crippen LogP contribution in [0, 0.1) is 0 Å². The first-order chi connectivity index (χ1) is 6.70. The van der Waals surface area contributed by atoms with E-state index in [0.29, 0.717) is 11.0 Å². The fourth-order valence-corrected chi connectivity index (χ4v) is 1.08. The minimum Gasteiger partial charge on any atom is -0.481 e. The van der Waals surface area contributed by atoms with Crippen LogP contribution in [0.25, 0.3) is 0 Å². The zero-order valence-electron chi connectivity index (χ0n) is 9.06. The first-order valence-electron chi connectivity index (χ1n) is 4.37. The number of carboxylic acids is 1. The predicted molar refractivity (Wildman–Crippen MR) is 51.2 cm³/mol. The van der Waals surface area contributed by atoms with E-state index in [4.69, 9.17) is 15.1 Å². The van der Waals surface area contributed by atoms with Gasteiger partial charge in [-0.3, -0.25) is 9.63 Å². The fraction of sp³-hybridized carbons (Fsp3) is 0.750. The molecule has 0 aromatic rings. The molecule has 0 aromatic heterocycles. The highest BCUT2D eigenvalue weighted by molar-refractivity contribution is 5.67. The molecular formula is C8H17N2O5+. The van der Waals surface area contributed by atoms with Crippen LogP contribution in [0.15, 0.2) is 0 Å². The number of rotatable bonds is 6. The minimum absolute atomic E-state index is 0.240. The molecule has 15 heavy (non-hydrogen) atoms. The van der Waals surface area contributed by atoms with Crippen molar-refractivity contribution in [3.63, 3.8) is 0 Å². The molecular weight excluding hydrogens is 204 g/mol. The molecule has 0 saturated carbocycles. The third-order valence-electron chi connectivity index (χ3n) is 1.47. The van der Waals surface area contributed by atoms with Gasteiger partial charge in [0.1, 0.15) is 12.6 Å². The maximum atomic E-state index is 10.5. The van der Waals surface area contributed by atoms with Crippen molar-refractivity contribution in [3.8, 4) is 0 Å². The van der Waals surface area contributed by atoms with Crippen molar-refractivity contribution >= 4 is 12.1 Å². The molecule has 0 aliphatic rings. The first kappa shape index (κ1) is 13.7. The summed E-state index contributed by atoms with van der Waals surface area (Å²) in [6, 6.07) is 0. The summed E-state index contributed by atoms with van der Waals surface area (Å²) in [5, 5.41) is 16.9. The molecule has 3 N–H and O–H groups in total. The Kier molecular flexibility index (Phi) is 5.03. The molecule has 0 fully saturated rings. The Morgan fingerprint density at radius 1 is 1.33 bits per heavy atom. The predicted octanol–water partition coefficient (Wildman–Crippen LogP) is -0.265. The van der Waals surface area contributed by atoms with Gasteiger partial charge in [0.2, 0.25) is 0 Å². The lowest BCUT2D eigenvalue weighted by Crippen LogP contribution is -2.45. The van der Waals surface area contributed by atoms with Gasteiger partial charge in [0.25, 0.3) is 0 Å². The molecule has 0 aliphatic carbocycles. The van der Waals surface area contributed by atoms with Crippen LogP contribution in [-0.4, -0.2) is 60.6 Å². The molecule has 0 spiro atoms. The molecule has 7 nitrogen and oxygen atoms in total. The Bertz CT molecular complexity index is 236. The third-order valence-corrected chi connectivity index (χ3v) is 1.47. The van der Waals surface area contributed by atoms with Crippen LogP contribution < -0.4 is 5.48 Å². The summed E-state index contributed by atoms with van der Waals surface area (Å²) in [5.74, 6) is -1.03. The topological polar surface area (TPSA) is 95.9 Å². The van der Waals surface area contributed by atoms with E-state index >= 15 is 0 Å². The van der Waals surface area contributed by atoms with E-state index < -0.39 is 18.2 Å². The molecule has 0 heterocycles. The van der Waals surface area contributed by atoms with Crippen LogP contribution in [-0.2, 0) is 9.63 Å². The smallest absolute Gasteiger partial charge is 0.428 e. The number of hydroxylamine groups is 1. The zero-order chi connectivity index (χ0) is 12.1. The number of quaternary nitrogens is 1. The molecule has 0 saturated heterocycles.